The van der Waals surface area contributed by atoms with Gasteiger partial charge in [-0.2, -0.15) is 0 Å². The fraction of sp³-hybridized carbons (Fsp3) is 0.733. The van der Waals surface area contributed by atoms with Crippen molar-refractivity contribution in [2.75, 3.05) is 26.3 Å². The molecule has 5 nitrogen and oxygen atoms in total. The Balaban J connectivity index is 1.49. The molecule has 21 heavy (non-hydrogen) atoms. The Morgan fingerprint density at radius 1 is 1.29 bits per heavy atom. The van der Waals surface area contributed by atoms with E-state index in [9.17, 15) is 4.79 Å². The van der Waals surface area contributed by atoms with Gasteiger partial charge in [-0.3, -0.25) is 4.79 Å². The lowest BCUT2D eigenvalue weighted by Crippen LogP contribution is -2.47. The van der Waals surface area contributed by atoms with E-state index in [-0.39, 0.29) is 5.91 Å². The molecule has 0 N–H and O–H groups in total. The Labute approximate surface area is 129 Å². The normalized spacial score (nSPS) is 21.1. The van der Waals surface area contributed by atoms with E-state index in [1.807, 2.05) is 18.7 Å². The standard InChI is InChI=1S/C15H22N2O3S/c1-11-13(21-12(2)16-11)3-4-14(18)17-7-5-15(6-8-17)19-9-10-20-15/h3-10H2,1-2H3. The molecule has 6 heteroatoms. The number of hydrogen-bond acceptors (Lipinski definition) is 5. The predicted octanol–water partition coefficient (Wildman–Crippen LogP) is 2.06. The van der Waals surface area contributed by atoms with Gasteiger partial charge in [-0.15, -0.1) is 11.3 Å². The third-order valence-electron chi connectivity index (χ3n) is 4.26. The molecule has 3 heterocycles. The summed E-state index contributed by atoms with van der Waals surface area (Å²) in [6.45, 7) is 6.85. The second-order valence-corrected chi connectivity index (χ2v) is 7.02. The van der Waals surface area contributed by atoms with Crippen molar-refractivity contribution < 1.29 is 14.3 Å². The summed E-state index contributed by atoms with van der Waals surface area (Å²) in [5.74, 6) is -0.171. The van der Waals surface area contributed by atoms with E-state index in [1.165, 1.54) is 4.88 Å². The van der Waals surface area contributed by atoms with Gasteiger partial charge in [-0.1, -0.05) is 0 Å². The Morgan fingerprint density at radius 2 is 1.95 bits per heavy atom. The summed E-state index contributed by atoms with van der Waals surface area (Å²) >= 11 is 1.70. The van der Waals surface area contributed by atoms with Crippen molar-refractivity contribution in [1.82, 2.24) is 9.88 Å². The Morgan fingerprint density at radius 3 is 2.52 bits per heavy atom. The molecule has 0 radical (unpaired) electrons. The first-order valence-corrected chi connectivity index (χ1v) is 8.38. The smallest absolute Gasteiger partial charge is 0.222 e. The van der Waals surface area contributed by atoms with Crippen LogP contribution in [0.5, 0.6) is 0 Å². The van der Waals surface area contributed by atoms with Gasteiger partial charge in [0.2, 0.25) is 5.91 Å². The Bertz CT molecular complexity index is 513. The molecule has 1 aromatic heterocycles. The molecule has 0 atom stereocenters. The van der Waals surface area contributed by atoms with E-state index in [0.717, 1.165) is 43.1 Å². The zero-order valence-corrected chi connectivity index (χ0v) is 13.5. The number of aryl methyl sites for hydroxylation is 3. The van der Waals surface area contributed by atoms with E-state index < -0.39 is 5.79 Å². The van der Waals surface area contributed by atoms with Crippen LogP contribution in [0.2, 0.25) is 0 Å². The highest BCUT2D eigenvalue weighted by molar-refractivity contribution is 7.11. The lowest BCUT2D eigenvalue weighted by atomic mass is 10.0. The zero-order chi connectivity index (χ0) is 14.9. The maximum Gasteiger partial charge on any atom is 0.222 e. The van der Waals surface area contributed by atoms with Crippen molar-refractivity contribution in [3.63, 3.8) is 0 Å². The van der Waals surface area contributed by atoms with Crippen LogP contribution in [0.4, 0.5) is 0 Å². The molecule has 2 fully saturated rings. The molecule has 0 unspecified atom stereocenters. The van der Waals surface area contributed by atoms with Crippen LogP contribution in [0.15, 0.2) is 0 Å². The molecule has 3 rings (SSSR count). The van der Waals surface area contributed by atoms with Gasteiger partial charge < -0.3 is 14.4 Å². The summed E-state index contributed by atoms with van der Waals surface area (Å²) in [5.41, 5.74) is 1.07. The fourth-order valence-electron chi connectivity index (χ4n) is 3.07. The van der Waals surface area contributed by atoms with Gasteiger partial charge in [0.05, 0.1) is 23.9 Å². The molecule has 1 amide bonds. The highest BCUT2D eigenvalue weighted by atomic mass is 32.1. The van der Waals surface area contributed by atoms with Gasteiger partial charge in [0.1, 0.15) is 0 Å². The van der Waals surface area contributed by atoms with Crippen molar-refractivity contribution in [1.29, 1.82) is 0 Å². The molecule has 0 aliphatic carbocycles. The van der Waals surface area contributed by atoms with Crippen LogP contribution >= 0.6 is 11.3 Å². The van der Waals surface area contributed by atoms with Crippen LogP contribution in [0.1, 0.15) is 34.8 Å². The van der Waals surface area contributed by atoms with Crippen molar-refractivity contribution in [3.05, 3.63) is 15.6 Å². The Kier molecular flexibility index (Phi) is 4.28. The van der Waals surface area contributed by atoms with Crippen LogP contribution in [0.25, 0.3) is 0 Å². The van der Waals surface area contributed by atoms with E-state index in [2.05, 4.69) is 4.98 Å². The number of likely N-dealkylation sites (tertiary alicyclic amines) is 1. The highest BCUT2D eigenvalue weighted by Gasteiger charge is 2.40. The SMILES string of the molecule is Cc1nc(C)c(CCC(=O)N2CCC3(CC2)OCCO3)s1. The maximum atomic E-state index is 12.3. The van der Waals surface area contributed by atoms with Gasteiger partial charge >= 0.3 is 0 Å². The van der Waals surface area contributed by atoms with Crippen molar-refractivity contribution in [2.45, 2.75) is 45.3 Å². The third kappa shape index (κ3) is 3.27. The van der Waals surface area contributed by atoms with Crippen LogP contribution in [0, 0.1) is 13.8 Å². The number of thiazole rings is 1. The number of hydrogen-bond donors (Lipinski definition) is 0. The van der Waals surface area contributed by atoms with E-state index >= 15 is 0 Å². The fourth-order valence-corrected chi connectivity index (χ4v) is 4.00. The van der Waals surface area contributed by atoms with Gasteiger partial charge in [-0.05, 0) is 20.3 Å². The molecular weight excluding hydrogens is 288 g/mol. The first kappa shape index (κ1) is 14.9. The largest absolute Gasteiger partial charge is 0.347 e. The van der Waals surface area contributed by atoms with E-state index in [4.69, 9.17) is 9.47 Å². The van der Waals surface area contributed by atoms with Crippen LogP contribution in [-0.4, -0.2) is 47.9 Å². The Hall–Kier alpha value is -0.980. The van der Waals surface area contributed by atoms with Gasteiger partial charge in [0.15, 0.2) is 5.79 Å². The first-order valence-electron chi connectivity index (χ1n) is 7.57. The number of piperidine rings is 1. The molecule has 2 aliphatic heterocycles. The predicted molar refractivity (Wildman–Crippen MR) is 80.4 cm³/mol. The molecule has 0 aromatic carbocycles. The molecule has 116 valence electrons. The number of carbonyl (C=O) groups is 1. The first-order chi connectivity index (χ1) is 10.1. The topological polar surface area (TPSA) is 51.7 Å². The lowest BCUT2D eigenvalue weighted by molar-refractivity contribution is -0.187. The van der Waals surface area contributed by atoms with Crippen molar-refractivity contribution >= 4 is 17.2 Å². The number of ether oxygens (including phenoxy) is 2. The van der Waals surface area contributed by atoms with E-state index in [0.29, 0.717) is 19.6 Å². The number of rotatable bonds is 3. The zero-order valence-electron chi connectivity index (χ0n) is 12.7. The van der Waals surface area contributed by atoms with Crippen LogP contribution in [-0.2, 0) is 20.7 Å². The summed E-state index contributed by atoms with van der Waals surface area (Å²) in [6, 6.07) is 0. The molecule has 0 bridgehead atoms. The molecule has 1 aromatic rings. The summed E-state index contributed by atoms with van der Waals surface area (Å²) in [5, 5.41) is 1.07. The van der Waals surface area contributed by atoms with Crippen molar-refractivity contribution in [3.8, 4) is 0 Å². The summed E-state index contributed by atoms with van der Waals surface area (Å²) in [4.78, 5) is 19.9. The number of aromatic nitrogens is 1. The van der Waals surface area contributed by atoms with Crippen molar-refractivity contribution in [2.24, 2.45) is 0 Å². The average Bonchev–Trinajstić information content (AvgIpc) is 3.04. The maximum absolute atomic E-state index is 12.3. The summed E-state index contributed by atoms with van der Waals surface area (Å²) in [6.07, 6.45) is 2.94. The molecule has 2 saturated heterocycles. The molecule has 2 aliphatic rings. The second kappa shape index (κ2) is 6.02. The molecule has 1 spiro atoms. The van der Waals surface area contributed by atoms with Crippen LogP contribution < -0.4 is 0 Å². The second-order valence-electron chi connectivity index (χ2n) is 5.73. The molecule has 0 saturated carbocycles. The minimum absolute atomic E-state index is 0.230. The van der Waals surface area contributed by atoms with Crippen LogP contribution in [0.3, 0.4) is 0 Å². The monoisotopic (exact) mass is 310 g/mol. The third-order valence-corrected chi connectivity index (χ3v) is 5.39. The van der Waals surface area contributed by atoms with Gasteiger partial charge in [0.25, 0.3) is 0 Å². The number of carbonyl (C=O) groups excluding carboxylic acids is 1. The quantitative estimate of drug-likeness (QED) is 0.857. The summed E-state index contributed by atoms with van der Waals surface area (Å²) in [7, 11) is 0. The highest BCUT2D eigenvalue weighted by Crippen LogP contribution is 2.31. The van der Waals surface area contributed by atoms with Gasteiger partial charge in [-0.25, -0.2) is 4.98 Å². The number of nitrogens with zero attached hydrogens (tertiary/aromatic N) is 2. The van der Waals surface area contributed by atoms with Gasteiger partial charge in [0, 0.05) is 37.2 Å². The minimum Gasteiger partial charge on any atom is -0.347 e. The van der Waals surface area contributed by atoms with E-state index in [1.54, 1.807) is 11.3 Å². The number of amides is 1. The average molecular weight is 310 g/mol. The molecular formula is C15H22N2O3S. The lowest BCUT2D eigenvalue weighted by Gasteiger charge is -2.37. The minimum atomic E-state index is -0.401. The summed E-state index contributed by atoms with van der Waals surface area (Å²) < 4.78 is 11.4.